The average Bonchev–Trinajstić information content (AvgIpc) is 2.45. The fraction of sp³-hybridized carbons (Fsp3) is 0.235. The lowest BCUT2D eigenvalue weighted by Crippen LogP contribution is -2.20. The molecule has 24 heavy (non-hydrogen) atoms. The Morgan fingerprint density at radius 1 is 1.12 bits per heavy atom. The van der Waals surface area contributed by atoms with Crippen LogP contribution in [0.1, 0.15) is 16.7 Å². The molecule has 2 aromatic rings. The quantitative estimate of drug-likeness (QED) is 0.836. The van der Waals surface area contributed by atoms with Gasteiger partial charge in [-0.25, -0.2) is 0 Å². The lowest BCUT2D eigenvalue weighted by Gasteiger charge is -2.13. The molecule has 0 saturated heterocycles. The van der Waals surface area contributed by atoms with Crippen LogP contribution in [0.15, 0.2) is 36.4 Å². The Bertz CT molecular complexity index is 719. The summed E-state index contributed by atoms with van der Waals surface area (Å²) in [5.74, 6) is 0.0884. The first-order chi connectivity index (χ1) is 11.2. The molecule has 1 N–H and O–H groups in total. The minimum Gasteiger partial charge on any atom is -0.483 e. The number of hydrogen-bond acceptors (Lipinski definition) is 2. The number of rotatable bonds is 4. The van der Waals surface area contributed by atoms with E-state index >= 15 is 0 Å². The highest BCUT2D eigenvalue weighted by Gasteiger charge is 2.29. The second-order valence-corrected chi connectivity index (χ2v) is 5.72. The van der Waals surface area contributed by atoms with Crippen LogP contribution in [0.5, 0.6) is 5.75 Å². The van der Waals surface area contributed by atoms with Crippen LogP contribution < -0.4 is 10.1 Å². The van der Waals surface area contributed by atoms with Crippen LogP contribution >= 0.6 is 11.6 Å². The van der Waals surface area contributed by atoms with Crippen molar-refractivity contribution in [3.63, 3.8) is 0 Å². The van der Waals surface area contributed by atoms with Gasteiger partial charge in [0.25, 0.3) is 5.91 Å². The molecule has 128 valence electrons. The predicted octanol–water partition coefficient (Wildman–Crippen LogP) is 4.99. The number of halogens is 4. The van der Waals surface area contributed by atoms with Gasteiger partial charge in [-0.3, -0.25) is 4.79 Å². The number of carbonyl (C=O) groups is 1. The monoisotopic (exact) mass is 357 g/mol. The number of hydrogen-bond donors (Lipinski definition) is 1. The number of alkyl halides is 3. The van der Waals surface area contributed by atoms with E-state index < -0.39 is 17.6 Å². The van der Waals surface area contributed by atoms with Gasteiger partial charge < -0.3 is 10.1 Å². The molecule has 7 heteroatoms. The van der Waals surface area contributed by atoms with E-state index in [0.29, 0.717) is 10.8 Å². The molecule has 2 rings (SSSR count). The molecule has 0 atom stereocenters. The smallest absolute Gasteiger partial charge is 0.416 e. The van der Waals surface area contributed by atoms with Gasteiger partial charge in [-0.1, -0.05) is 11.6 Å². The molecule has 0 aliphatic heterocycles. The van der Waals surface area contributed by atoms with Crippen LogP contribution in [-0.2, 0) is 11.0 Å². The highest BCUT2D eigenvalue weighted by molar-refractivity contribution is 6.30. The highest BCUT2D eigenvalue weighted by atomic mass is 35.5. The van der Waals surface area contributed by atoms with Gasteiger partial charge in [-0.05, 0) is 61.4 Å². The zero-order valence-corrected chi connectivity index (χ0v) is 13.8. The minimum atomic E-state index is -4.41. The molecule has 0 heterocycles. The first-order valence-electron chi connectivity index (χ1n) is 7.03. The fourth-order valence-corrected chi connectivity index (χ4v) is 2.53. The van der Waals surface area contributed by atoms with Crippen LogP contribution in [0.4, 0.5) is 18.9 Å². The molecular formula is C17H15ClF3NO2. The van der Waals surface area contributed by atoms with Crippen LogP contribution in [0.2, 0.25) is 5.02 Å². The van der Waals surface area contributed by atoms with E-state index in [1.807, 2.05) is 13.8 Å². The summed E-state index contributed by atoms with van der Waals surface area (Å²) >= 11 is 5.92. The Balaban J connectivity index is 1.97. The number of carbonyl (C=O) groups excluding carboxylic acids is 1. The van der Waals surface area contributed by atoms with Crippen molar-refractivity contribution in [3.05, 3.63) is 58.1 Å². The van der Waals surface area contributed by atoms with Gasteiger partial charge in [0.15, 0.2) is 6.61 Å². The van der Waals surface area contributed by atoms with Gasteiger partial charge in [0, 0.05) is 10.7 Å². The summed E-state index contributed by atoms with van der Waals surface area (Å²) in [5.41, 5.74) is 1.08. The third-order valence-electron chi connectivity index (χ3n) is 3.27. The van der Waals surface area contributed by atoms with Crippen LogP contribution in [0.3, 0.4) is 0 Å². The van der Waals surface area contributed by atoms with Crippen molar-refractivity contribution in [2.24, 2.45) is 0 Å². The lowest BCUT2D eigenvalue weighted by atomic mass is 10.1. The second-order valence-electron chi connectivity index (χ2n) is 5.28. The molecule has 0 radical (unpaired) electrons. The van der Waals surface area contributed by atoms with E-state index in [-0.39, 0.29) is 12.3 Å². The van der Waals surface area contributed by atoms with E-state index in [0.717, 1.165) is 23.3 Å². The van der Waals surface area contributed by atoms with Gasteiger partial charge in [-0.2, -0.15) is 13.2 Å². The molecule has 0 unspecified atom stereocenters. The van der Waals surface area contributed by atoms with Gasteiger partial charge in [0.05, 0.1) is 5.56 Å². The second kappa shape index (κ2) is 7.13. The summed E-state index contributed by atoms with van der Waals surface area (Å²) in [6, 6.07) is 7.64. The fourth-order valence-electron chi connectivity index (χ4n) is 2.20. The van der Waals surface area contributed by atoms with Gasteiger partial charge in [0.1, 0.15) is 5.75 Å². The van der Waals surface area contributed by atoms with Crippen LogP contribution in [0.25, 0.3) is 0 Å². The number of ether oxygens (including phenoxy) is 1. The number of anilines is 1. The molecule has 0 aliphatic carbocycles. The Labute approximate surface area is 142 Å². The maximum absolute atomic E-state index is 12.5. The number of benzene rings is 2. The van der Waals surface area contributed by atoms with E-state index in [2.05, 4.69) is 5.32 Å². The summed E-state index contributed by atoms with van der Waals surface area (Å²) in [7, 11) is 0. The van der Waals surface area contributed by atoms with Crippen molar-refractivity contribution in [2.45, 2.75) is 20.0 Å². The normalized spacial score (nSPS) is 11.2. The Hall–Kier alpha value is -2.21. The Morgan fingerprint density at radius 3 is 2.17 bits per heavy atom. The Morgan fingerprint density at radius 2 is 1.67 bits per heavy atom. The van der Waals surface area contributed by atoms with E-state index in [1.54, 1.807) is 12.1 Å². The Kier molecular flexibility index (Phi) is 5.39. The summed E-state index contributed by atoms with van der Waals surface area (Å²) < 4.78 is 42.9. The summed E-state index contributed by atoms with van der Waals surface area (Å²) in [4.78, 5) is 11.9. The average molecular weight is 358 g/mol. The SMILES string of the molecule is Cc1cc(Cl)cc(C)c1OCC(=O)Nc1ccc(C(F)(F)F)cc1. The molecule has 3 nitrogen and oxygen atoms in total. The first kappa shape index (κ1) is 18.1. The van der Waals surface area contributed by atoms with Crippen molar-refractivity contribution in [2.75, 3.05) is 11.9 Å². The number of aryl methyl sites for hydroxylation is 2. The molecule has 0 spiro atoms. The largest absolute Gasteiger partial charge is 0.483 e. The topological polar surface area (TPSA) is 38.3 Å². The summed E-state index contributed by atoms with van der Waals surface area (Å²) in [5, 5.41) is 3.06. The van der Waals surface area contributed by atoms with Crippen molar-refractivity contribution in [3.8, 4) is 5.75 Å². The molecule has 0 aliphatic rings. The predicted molar refractivity (Wildman–Crippen MR) is 86.5 cm³/mol. The van der Waals surface area contributed by atoms with Crippen molar-refractivity contribution in [1.82, 2.24) is 0 Å². The molecule has 0 fully saturated rings. The highest BCUT2D eigenvalue weighted by Crippen LogP contribution is 2.30. The molecule has 1 amide bonds. The van der Waals surface area contributed by atoms with Gasteiger partial charge in [-0.15, -0.1) is 0 Å². The first-order valence-corrected chi connectivity index (χ1v) is 7.41. The summed E-state index contributed by atoms with van der Waals surface area (Å²) in [6.45, 7) is 3.36. The number of amides is 1. The van der Waals surface area contributed by atoms with Gasteiger partial charge >= 0.3 is 6.18 Å². The molecule has 0 bridgehead atoms. The third-order valence-corrected chi connectivity index (χ3v) is 3.49. The maximum Gasteiger partial charge on any atom is 0.416 e. The van der Waals surface area contributed by atoms with Crippen molar-refractivity contribution in [1.29, 1.82) is 0 Å². The van der Waals surface area contributed by atoms with Crippen LogP contribution in [0, 0.1) is 13.8 Å². The zero-order valence-electron chi connectivity index (χ0n) is 13.0. The molecular weight excluding hydrogens is 343 g/mol. The number of nitrogens with one attached hydrogen (secondary N) is 1. The van der Waals surface area contributed by atoms with Gasteiger partial charge in [0.2, 0.25) is 0 Å². The maximum atomic E-state index is 12.5. The molecule has 2 aromatic carbocycles. The summed E-state index contributed by atoms with van der Waals surface area (Å²) in [6.07, 6.45) is -4.41. The van der Waals surface area contributed by atoms with Crippen molar-refractivity contribution >= 4 is 23.2 Å². The van der Waals surface area contributed by atoms with Crippen molar-refractivity contribution < 1.29 is 22.7 Å². The lowest BCUT2D eigenvalue weighted by molar-refractivity contribution is -0.137. The zero-order chi connectivity index (χ0) is 17.9. The minimum absolute atomic E-state index is 0.260. The van der Waals surface area contributed by atoms with E-state index in [9.17, 15) is 18.0 Å². The third kappa shape index (κ3) is 4.64. The molecule has 0 aromatic heterocycles. The molecule has 0 saturated carbocycles. The van der Waals surface area contributed by atoms with E-state index in [1.165, 1.54) is 12.1 Å². The van der Waals surface area contributed by atoms with Crippen LogP contribution in [-0.4, -0.2) is 12.5 Å². The standard InChI is InChI=1S/C17H15ClF3NO2/c1-10-7-13(18)8-11(2)16(10)24-9-15(23)22-14-5-3-12(4-6-14)17(19,20)21/h3-8H,9H2,1-2H3,(H,22,23). The van der Waals surface area contributed by atoms with E-state index in [4.69, 9.17) is 16.3 Å².